The average Bonchev–Trinajstić information content (AvgIpc) is 2.93. The number of carbonyl (C=O) groups excluding carboxylic acids is 1. The van der Waals surface area contributed by atoms with Crippen LogP contribution in [0.15, 0.2) is 35.0 Å². The van der Waals surface area contributed by atoms with Crippen LogP contribution in [0.25, 0.3) is 0 Å². The number of β-lactam (4-membered cyclic amide) rings is 1. The van der Waals surface area contributed by atoms with Crippen LogP contribution in [0.3, 0.4) is 0 Å². The molecule has 0 aromatic carbocycles. The molecule has 1 saturated heterocycles. The van der Waals surface area contributed by atoms with Crippen molar-refractivity contribution < 1.29 is 19.8 Å². The molecule has 0 aliphatic carbocycles. The van der Waals surface area contributed by atoms with Gasteiger partial charge in [-0.05, 0) is 19.1 Å². The maximum absolute atomic E-state index is 12.2. The SMILES string of the molecule is C[C@@H](O)[C@H]1C(=O)N2C(C(=O)O)=C(CSC(=S)N(C)c3ccccn3)S[C@H]12. The Morgan fingerprint density at radius 2 is 2.27 bits per heavy atom. The molecule has 0 spiro atoms. The molecule has 1 aromatic rings. The number of fused-ring (bicyclic) bond motifs is 1. The molecule has 3 atom stereocenters. The summed E-state index contributed by atoms with van der Waals surface area (Å²) in [5, 5.41) is 18.9. The minimum atomic E-state index is -1.14. The Hall–Kier alpha value is -1.62. The lowest BCUT2D eigenvalue weighted by Gasteiger charge is -2.43. The van der Waals surface area contributed by atoms with Crippen molar-refractivity contribution in [2.24, 2.45) is 5.92 Å². The third-order valence-electron chi connectivity index (χ3n) is 4.17. The Bertz CT molecular complexity index is 784. The Kier molecular flexibility index (Phi) is 5.56. The molecule has 3 heterocycles. The Labute approximate surface area is 164 Å². The summed E-state index contributed by atoms with van der Waals surface area (Å²) in [6, 6.07) is 5.50. The van der Waals surface area contributed by atoms with Crippen LogP contribution >= 0.6 is 35.7 Å². The maximum atomic E-state index is 12.2. The fourth-order valence-corrected chi connectivity index (χ4v) is 5.62. The summed E-state index contributed by atoms with van der Waals surface area (Å²) >= 11 is 8.04. The Morgan fingerprint density at radius 1 is 1.54 bits per heavy atom. The first-order valence-electron chi connectivity index (χ1n) is 7.78. The van der Waals surface area contributed by atoms with Crippen molar-refractivity contribution in [3.8, 4) is 0 Å². The van der Waals surface area contributed by atoms with Gasteiger partial charge in [0.05, 0.1) is 12.0 Å². The third kappa shape index (κ3) is 3.34. The fraction of sp³-hybridized carbons (Fsp3) is 0.375. The normalized spacial score (nSPS) is 22.7. The van der Waals surface area contributed by atoms with Crippen molar-refractivity contribution in [1.29, 1.82) is 0 Å². The van der Waals surface area contributed by atoms with Gasteiger partial charge in [-0.3, -0.25) is 9.69 Å². The van der Waals surface area contributed by atoms with E-state index in [0.29, 0.717) is 20.8 Å². The van der Waals surface area contributed by atoms with Crippen molar-refractivity contribution in [2.75, 3.05) is 17.7 Å². The van der Waals surface area contributed by atoms with Gasteiger partial charge >= 0.3 is 5.97 Å². The van der Waals surface area contributed by atoms with Gasteiger partial charge in [-0.1, -0.05) is 30.0 Å². The summed E-state index contributed by atoms with van der Waals surface area (Å²) in [6.07, 6.45) is 0.860. The largest absolute Gasteiger partial charge is 0.477 e. The van der Waals surface area contributed by atoms with E-state index in [2.05, 4.69) is 4.98 Å². The molecule has 2 N–H and O–H groups in total. The highest BCUT2D eigenvalue weighted by Crippen LogP contribution is 2.51. The number of carboxylic acid groups (broad SMARTS) is 1. The molecular formula is C16H17N3O4S3. The third-order valence-corrected chi connectivity index (χ3v) is 7.30. The molecule has 138 valence electrons. The van der Waals surface area contributed by atoms with E-state index in [9.17, 15) is 19.8 Å². The zero-order valence-corrected chi connectivity index (χ0v) is 16.5. The van der Waals surface area contributed by atoms with Gasteiger partial charge in [-0.15, -0.1) is 11.8 Å². The molecule has 1 aromatic heterocycles. The number of aliphatic carboxylic acids is 1. The number of aliphatic hydroxyl groups is 1. The molecule has 3 rings (SSSR count). The van der Waals surface area contributed by atoms with Gasteiger partial charge in [0.25, 0.3) is 0 Å². The molecule has 0 saturated carbocycles. The number of carbonyl (C=O) groups is 2. The molecule has 1 fully saturated rings. The highest BCUT2D eigenvalue weighted by Gasteiger charge is 2.57. The number of rotatable bonds is 5. The van der Waals surface area contributed by atoms with Gasteiger partial charge in [0.2, 0.25) is 5.91 Å². The van der Waals surface area contributed by atoms with Crippen LogP contribution < -0.4 is 4.90 Å². The second kappa shape index (κ2) is 7.55. The first-order chi connectivity index (χ1) is 12.3. The smallest absolute Gasteiger partial charge is 0.353 e. The van der Waals surface area contributed by atoms with Crippen molar-refractivity contribution in [2.45, 2.75) is 18.4 Å². The van der Waals surface area contributed by atoms with Gasteiger partial charge in [0, 0.05) is 23.9 Å². The quantitative estimate of drug-likeness (QED) is 0.555. The van der Waals surface area contributed by atoms with Gasteiger partial charge in [-0.25, -0.2) is 9.78 Å². The van der Waals surface area contributed by atoms with E-state index in [-0.39, 0.29) is 17.0 Å². The lowest BCUT2D eigenvalue weighted by atomic mass is 9.92. The number of nitrogens with zero attached hydrogens (tertiary/aromatic N) is 3. The molecule has 2 aliphatic heterocycles. The van der Waals surface area contributed by atoms with Crippen LogP contribution in [0.4, 0.5) is 5.82 Å². The highest BCUT2D eigenvalue weighted by molar-refractivity contribution is 8.24. The summed E-state index contributed by atoms with van der Waals surface area (Å²) in [4.78, 5) is 31.6. The van der Waals surface area contributed by atoms with E-state index < -0.39 is 18.0 Å². The van der Waals surface area contributed by atoms with Gasteiger partial charge in [-0.2, -0.15) is 0 Å². The summed E-state index contributed by atoms with van der Waals surface area (Å²) in [7, 11) is 1.80. The average molecular weight is 412 g/mol. The Balaban J connectivity index is 1.70. The summed E-state index contributed by atoms with van der Waals surface area (Å²) in [5.41, 5.74) is -0.00214. The molecule has 0 radical (unpaired) electrons. The number of aliphatic hydroxyl groups excluding tert-OH is 1. The van der Waals surface area contributed by atoms with Gasteiger partial charge in [0.1, 0.15) is 21.2 Å². The van der Waals surface area contributed by atoms with E-state index in [1.54, 1.807) is 25.1 Å². The maximum Gasteiger partial charge on any atom is 0.353 e. The van der Waals surface area contributed by atoms with E-state index in [1.807, 2.05) is 18.2 Å². The number of hydrogen-bond donors (Lipinski definition) is 2. The monoisotopic (exact) mass is 411 g/mol. The molecular weight excluding hydrogens is 394 g/mol. The number of amides is 1. The van der Waals surface area contributed by atoms with Crippen molar-refractivity contribution in [3.63, 3.8) is 0 Å². The number of hydrogen-bond acceptors (Lipinski definition) is 7. The number of aromatic nitrogens is 1. The molecule has 0 unspecified atom stereocenters. The predicted molar refractivity (Wildman–Crippen MR) is 106 cm³/mol. The number of thioether (sulfide) groups is 2. The summed E-state index contributed by atoms with van der Waals surface area (Å²) in [6.45, 7) is 1.55. The van der Waals surface area contributed by atoms with Crippen LogP contribution in [0.5, 0.6) is 0 Å². The number of anilines is 1. The van der Waals surface area contributed by atoms with E-state index in [0.717, 1.165) is 0 Å². The zero-order chi connectivity index (χ0) is 19.0. The van der Waals surface area contributed by atoms with Crippen molar-refractivity contribution >= 4 is 57.8 Å². The van der Waals surface area contributed by atoms with Crippen LogP contribution in [0.2, 0.25) is 0 Å². The van der Waals surface area contributed by atoms with Gasteiger partial charge < -0.3 is 15.1 Å². The zero-order valence-electron chi connectivity index (χ0n) is 14.0. The molecule has 0 bridgehead atoms. The first kappa shape index (κ1) is 19.2. The molecule has 10 heteroatoms. The fourth-order valence-electron chi connectivity index (χ4n) is 2.82. The van der Waals surface area contributed by atoms with E-state index >= 15 is 0 Å². The lowest BCUT2D eigenvalue weighted by Crippen LogP contribution is -2.60. The van der Waals surface area contributed by atoms with Gasteiger partial charge in [0.15, 0.2) is 0 Å². The van der Waals surface area contributed by atoms with Crippen molar-refractivity contribution in [3.05, 3.63) is 35.0 Å². The number of pyridine rings is 1. The first-order valence-corrected chi connectivity index (χ1v) is 10.1. The summed E-state index contributed by atoms with van der Waals surface area (Å²) in [5.74, 6) is -1.01. The Morgan fingerprint density at radius 3 is 2.85 bits per heavy atom. The molecule has 2 aliphatic rings. The standard InChI is InChI=1S/C16H17N3O4S3/c1-8(20)11-13(21)19-12(15(22)23)9(26-14(11)19)7-25-16(24)18(2)10-5-3-4-6-17-10/h3-6,8,11,14,20H,7H2,1-2H3,(H,22,23)/t8-,11+,14-/m1/s1. The second-order valence-electron chi connectivity index (χ2n) is 5.86. The highest BCUT2D eigenvalue weighted by atomic mass is 32.2. The summed E-state index contributed by atoms with van der Waals surface area (Å²) < 4.78 is 0.550. The number of carboxylic acids is 1. The van der Waals surface area contributed by atoms with Crippen LogP contribution in [-0.2, 0) is 9.59 Å². The minimum absolute atomic E-state index is 0.00214. The predicted octanol–water partition coefficient (Wildman–Crippen LogP) is 1.74. The van der Waals surface area contributed by atoms with Crippen LogP contribution in [0, 0.1) is 5.92 Å². The second-order valence-corrected chi connectivity index (χ2v) is 8.68. The minimum Gasteiger partial charge on any atom is -0.477 e. The van der Waals surface area contributed by atoms with Crippen LogP contribution in [-0.4, -0.2) is 60.6 Å². The molecule has 1 amide bonds. The van der Waals surface area contributed by atoms with E-state index in [1.165, 1.54) is 28.4 Å². The van der Waals surface area contributed by atoms with Crippen LogP contribution in [0.1, 0.15) is 6.92 Å². The van der Waals surface area contributed by atoms with Crippen molar-refractivity contribution in [1.82, 2.24) is 9.88 Å². The topological polar surface area (TPSA) is 94.0 Å². The number of thiocarbonyl (C=S) groups is 1. The molecule has 26 heavy (non-hydrogen) atoms. The molecule has 7 nitrogen and oxygen atoms in total. The lowest BCUT2D eigenvalue weighted by molar-refractivity contribution is -0.156. The van der Waals surface area contributed by atoms with E-state index in [4.69, 9.17) is 12.2 Å².